The highest BCUT2D eigenvalue weighted by molar-refractivity contribution is 7.93. The summed E-state index contributed by atoms with van der Waals surface area (Å²) in [6.07, 6.45) is 0.0344. The van der Waals surface area contributed by atoms with E-state index in [1.807, 2.05) is 13.8 Å². The number of ether oxygens (including phenoxy) is 1. The first-order chi connectivity index (χ1) is 10.5. The van der Waals surface area contributed by atoms with Crippen molar-refractivity contribution in [1.82, 2.24) is 5.32 Å². The van der Waals surface area contributed by atoms with Gasteiger partial charge < -0.3 is 15.8 Å². The molecule has 1 amide bonds. The van der Waals surface area contributed by atoms with Gasteiger partial charge in [-0.1, -0.05) is 0 Å². The summed E-state index contributed by atoms with van der Waals surface area (Å²) in [5.41, 5.74) is 5.22. The van der Waals surface area contributed by atoms with Gasteiger partial charge in [0.25, 0.3) is 0 Å². The van der Waals surface area contributed by atoms with Crippen molar-refractivity contribution in [2.75, 3.05) is 17.0 Å². The first kappa shape index (κ1) is 19.2. The quantitative estimate of drug-likeness (QED) is 0.654. The number of benzene rings is 1. The van der Waals surface area contributed by atoms with Gasteiger partial charge in [-0.15, -0.1) is 0 Å². The third kappa shape index (κ3) is 7.34. The number of nitrogens with two attached hydrogens (primary N) is 1. The molecular weight excluding hydrogens is 318 g/mol. The van der Waals surface area contributed by atoms with Gasteiger partial charge in [-0.05, 0) is 52.0 Å². The van der Waals surface area contributed by atoms with Crippen LogP contribution < -0.4 is 20.5 Å². The van der Waals surface area contributed by atoms with Gasteiger partial charge in [0.15, 0.2) is 0 Å². The topological polar surface area (TPSA) is 111 Å². The molecule has 0 aliphatic heterocycles. The van der Waals surface area contributed by atoms with Gasteiger partial charge in [0.2, 0.25) is 15.9 Å². The van der Waals surface area contributed by atoms with E-state index >= 15 is 0 Å². The van der Waals surface area contributed by atoms with Crippen molar-refractivity contribution in [2.45, 2.75) is 39.3 Å². The molecule has 4 N–H and O–H groups in total. The Balaban J connectivity index is 2.66. The van der Waals surface area contributed by atoms with Crippen molar-refractivity contribution < 1.29 is 17.9 Å². The lowest BCUT2D eigenvalue weighted by Gasteiger charge is -2.24. The predicted molar refractivity (Wildman–Crippen MR) is 90.9 cm³/mol. The number of nitrogens with one attached hydrogen (secondary N) is 2. The van der Waals surface area contributed by atoms with Gasteiger partial charge in [0, 0.05) is 17.8 Å². The highest BCUT2D eigenvalue weighted by Crippen LogP contribution is 2.17. The van der Waals surface area contributed by atoms with Crippen LogP contribution in [0.1, 0.15) is 27.7 Å². The molecule has 0 atom stereocenters. The molecule has 0 heterocycles. The number of carbonyl (C=O) groups is 1. The average Bonchev–Trinajstić information content (AvgIpc) is 2.38. The Hall–Kier alpha value is -1.80. The Kier molecular flexibility index (Phi) is 6.40. The van der Waals surface area contributed by atoms with Crippen molar-refractivity contribution >= 4 is 21.6 Å². The minimum atomic E-state index is -3.79. The lowest BCUT2D eigenvalue weighted by atomic mass is 10.1. The van der Waals surface area contributed by atoms with Crippen LogP contribution in [0.4, 0.5) is 5.69 Å². The molecule has 0 bridgehead atoms. The summed E-state index contributed by atoms with van der Waals surface area (Å²) >= 11 is 0. The van der Waals surface area contributed by atoms with E-state index in [1.165, 1.54) is 0 Å². The third-order valence-electron chi connectivity index (χ3n) is 2.81. The Morgan fingerprint density at radius 1 is 1.26 bits per heavy atom. The average molecular weight is 343 g/mol. The van der Waals surface area contributed by atoms with E-state index in [0.717, 1.165) is 0 Å². The minimum Gasteiger partial charge on any atom is -0.491 e. The van der Waals surface area contributed by atoms with Gasteiger partial charge in [-0.2, -0.15) is 0 Å². The van der Waals surface area contributed by atoms with Gasteiger partial charge in [-0.3, -0.25) is 9.52 Å². The van der Waals surface area contributed by atoms with E-state index in [1.54, 1.807) is 38.1 Å². The number of carbonyl (C=O) groups excluding carboxylic acids is 1. The normalized spacial score (nSPS) is 12.1. The number of sulfonamides is 1. The van der Waals surface area contributed by atoms with Crippen LogP contribution in [0.5, 0.6) is 5.75 Å². The molecule has 1 aromatic rings. The van der Waals surface area contributed by atoms with Crippen molar-refractivity contribution in [3.05, 3.63) is 24.3 Å². The summed E-state index contributed by atoms with van der Waals surface area (Å²) in [5.74, 6) is -0.626. The number of rotatable bonds is 8. The molecule has 7 nitrogen and oxygen atoms in total. The Morgan fingerprint density at radius 2 is 1.83 bits per heavy atom. The van der Waals surface area contributed by atoms with E-state index in [-0.39, 0.29) is 12.6 Å². The van der Waals surface area contributed by atoms with Crippen LogP contribution in [-0.2, 0) is 14.8 Å². The Morgan fingerprint density at radius 3 is 2.30 bits per heavy atom. The molecule has 23 heavy (non-hydrogen) atoms. The van der Waals surface area contributed by atoms with E-state index < -0.39 is 27.2 Å². The summed E-state index contributed by atoms with van der Waals surface area (Å²) in [7, 11) is -3.79. The third-order valence-corrected chi connectivity index (χ3v) is 4.00. The van der Waals surface area contributed by atoms with Crippen molar-refractivity contribution in [3.63, 3.8) is 0 Å². The molecule has 1 rings (SSSR count). The first-order valence-electron chi connectivity index (χ1n) is 7.31. The van der Waals surface area contributed by atoms with Gasteiger partial charge in [0.05, 0.1) is 6.10 Å². The van der Waals surface area contributed by atoms with Gasteiger partial charge in [0.1, 0.15) is 11.5 Å². The lowest BCUT2D eigenvalue weighted by molar-refractivity contribution is -0.120. The lowest BCUT2D eigenvalue weighted by Crippen LogP contribution is -2.50. The molecule has 0 aliphatic carbocycles. The molecule has 0 saturated carbocycles. The number of anilines is 1. The van der Waals surface area contributed by atoms with Crippen LogP contribution in [-0.4, -0.2) is 38.3 Å². The number of hydrogen-bond donors (Lipinski definition) is 3. The van der Waals surface area contributed by atoms with Crippen LogP contribution in [0.2, 0.25) is 0 Å². The van der Waals surface area contributed by atoms with Crippen molar-refractivity contribution in [1.29, 1.82) is 0 Å². The summed E-state index contributed by atoms with van der Waals surface area (Å²) in [5, 5.41) is 2.58. The maximum absolute atomic E-state index is 12.0. The zero-order valence-corrected chi connectivity index (χ0v) is 14.7. The van der Waals surface area contributed by atoms with Crippen LogP contribution in [0, 0.1) is 0 Å². The van der Waals surface area contributed by atoms with Crippen LogP contribution in [0.3, 0.4) is 0 Å². The molecular formula is C15H25N3O4S. The van der Waals surface area contributed by atoms with Crippen molar-refractivity contribution in [2.24, 2.45) is 5.73 Å². The maximum Gasteiger partial charge on any atom is 0.241 e. The van der Waals surface area contributed by atoms with Gasteiger partial charge in [-0.25, -0.2) is 8.42 Å². The molecule has 0 radical (unpaired) electrons. The van der Waals surface area contributed by atoms with Crippen LogP contribution in [0.25, 0.3) is 0 Å². The van der Waals surface area contributed by atoms with Gasteiger partial charge >= 0.3 is 0 Å². The summed E-state index contributed by atoms with van der Waals surface area (Å²) in [6.45, 7) is 7.45. The summed E-state index contributed by atoms with van der Waals surface area (Å²) < 4.78 is 31.9. The molecule has 0 fully saturated rings. The minimum absolute atomic E-state index is 0.0344. The SMILES string of the molecule is CC(C)Oc1ccc(NS(=O)(=O)CC(=O)NC(C)(C)CN)cc1. The van der Waals surface area contributed by atoms with E-state index in [9.17, 15) is 13.2 Å². The highest BCUT2D eigenvalue weighted by atomic mass is 32.2. The first-order valence-corrected chi connectivity index (χ1v) is 8.96. The molecule has 0 unspecified atom stereocenters. The summed E-state index contributed by atoms with van der Waals surface area (Å²) in [6, 6.07) is 6.49. The molecule has 0 aliphatic rings. The van der Waals surface area contributed by atoms with Crippen LogP contribution >= 0.6 is 0 Å². The Labute approximate surface area is 137 Å². The largest absolute Gasteiger partial charge is 0.491 e. The summed E-state index contributed by atoms with van der Waals surface area (Å²) in [4.78, 5) is 11.8. The Bertz CT molecular complexity index is 625. The molecule has 1 aromatic carbocycles. The van der Waals surface area contributed by atoms with Crippen LogP contribution in [0.15, 0.2) is 24.3 Å². The molecule has 0 aromatic heterocycles. The fourth-order valence-corrected chi connectivity index (χ4v) is 2.71. The second kappa shape index (κ2) is 7.65. The van der Waals surface area contributed by atoms with Crippen molar-refractivity contribution in [3.8, 4) is 5.75 Å². The van der Waals surface area contributed by atoms with E-state index in [0.29, 0.717) is 11.4 Å². The van der Waals surface area contributed by atoms with E-state index in [4.69, 9.17) is 10.5 Å². The predicted octanol–water partition coefficient (Wildman–Crippen LogP) is 1.07. The smallest absolute Gasteiger partial charge is 0.241 e. The number of hydrogen-bond acceptors (Lipinski definition) is 5. The maximum atomic E-state index is 12.0. The standard InChI is InChI=1S/C15H25N3O4S/c1-11(2)22-13-7-5-12(6-8-13)18-23(20,21)9-14(19)17-15(3,4)10-16/h5-8,11,18H,9-10,16H2,1-4H3,(H,17,19). The zero-order chi connectivity index (χ0) is 17.7. The molecule has 8 heteroatoms. The zero-order valence-electron chi connectivity index (χ0n) is 13.9. The van der Waals surface area contributed by atoms with E-state index in [2.05, 4.69) is 10.0 Å². The second-order valence-corrected chi connectivity index (χ2v) is 7.91. The molecule has 0 spiro atoms. The fraction of sp³-hybridized carbons (Fsp3) is 0.533. The molecule has 0 saturated heterocycles. The monoisotopic (exact) mass is 343 g/mol. The fourth-order valence-electron chi connectivity index (χ4n) is 1.73. The second-order valence-electron chi connectivity index (χ2n) is 6.19. The highest BCUT2D eigenvalue weighted by Gasteiger charge is 2.23. The molecule has 130 valence electrons. The number of amides is 1.